The van der Waals surface area contributed by atoms with Gasteiger partial charge in [-0.1, -0.05) is 18.2 Å². The van der Waals surface area contributed by atoms with E-state index >= 15 is 0 Å². The lowest BCUT2D eigenvalue weighted by molar-refractivity contribution is -0.122. The van der Waals surface area contributed by atoms with Crippen LogP contribution in [-0.4, -0.2) is 41.1 Å². The molecule has 2 amide bonds. The molecule has 0 bridgehead atoms. The molecule has 0 unspecified atom stereocenters. The minimum atomic E-state index is -0.636. The van der Waals surface area contributed by atoms with E-state index in [2.05, 4.69) is 15.3 Å². The Kier molecular flexibility index (Phi) is 6.27. The number of nitrogens with zero attached hydrogens (tertiary/aromatic N) is 3. The van der Waals surface area contributed by atoms with Gasteiger partial charge in [0.2, 0.25) is 5.88 Å². The SMILES string of the molecule is COc1ncc(/C=C2\C(=O)NC(=S)N(c3ccc(Oc4ccccc4)cc3)C2=O)c(OC)n1. The maximum absolute atomic E-state index is 13.2. The van der Waals surface area contributed by atoms with Crippen molar-refractivity contribution in [2.75, 3.05) is 19.1 Å². The molecule has 1 N–H and O–H groups in total. The largest absolute Gasteiger partial charge is 0.480 e. The third kappa shape index (κ3) is 4.65. The van der Waals surface area contributed by atoms with Gasteiger partial charge in [-0.05, 0) is 54.7 Å². The van der Waals surface area contributed by atoms with E-state index in [1.807, 2.05) is 30.3 Å². The van der Waals surface area contributed by atoms with E-state index in [0.29, 0.717) is 22.7 Å². The van der Waals surface area contributed by atoms with Gasteiger partial charge in [-0.15, -0.1) is 0 Å². The Labute approximate surface area is 194 Å². The van der Waals surface area contributed by atoms with Crippen LogP contribution in [0.3, 0.4) is 0 Å². The molecular weight excluding hydrogens is 444 g/mol. The van der Waals surface area contributed by atoms with Gasteiger partial charge in [-0.25, -0.2) is 4.98 Å². The highest BCUT2D eigenvalue weighted by molar-refractivity contribution is 7.80. The molecule has 3 aromatic rings. The number of anilines is 1. The van der Waals surface area contributed by atoms with Crippen LogP contribution in [0.25, 0.3) is 6.08 Å². The molecule has 0 atom stereocenters. The van der Waals surface area contributed by atoms with Crippen molar-refractivity contribution >= 4 is 40.9 Å². The van der Waals surface area contributed by atoms with Crippen LogP contribution in [-0.2, 0) is 9.59 Å². The Hall–Kier alpha value is -4.31. The molecule has 0 radical (unpaired) electrons. The summed E-state index contributed by atoms with van der Waals surface area (Å²) in [5.74, 6) is 0.182. The van der Waals surface area contributed by atoms with E-state index in [9.17, 15) is 9.59 Å². The minimum Gasteiger partial charge on any atom is -0.480 e. The number of carbonyl (C=O) groups is 2. The summed E-state index contributed by atoms with van der Waals surface area (Å²) in [6, 6.07) is 16.2. The first-order valence-corrected chi connectivity index (χ1v) is 10.1. The predicted molar refractivity (Wildman–Crippen MR) is 124 cm³/mol. The molecule has 0 aliphatic carbocycles. The van der Waals surface area contributed by atoms with E-state index in [0.717, 1.165) is 0 Å². The molecule has 4 rings (SSSR count). The lowest BCUT2D eigenvalue weighted by Crippen LogP contribution is -2.54. The van der Waals surface area contributed by atoms with Crippen molar-refractivity contribution in [1.29, 1.82) is 0 Å². The number of benzene rings is 2. The third-order valence-corrected chi connectivity index (χ3v) is 4.89. The van der Waals surface area contributed by atoms with Crippen molar-refractivity contribution in [2.45, 2.75) is 0 Å². The van der Waals surface area contributed by atoms with Gasteiger partial charge in [0, 0.05) is 6.20 Å². The molecule has 10 heteroatoms. The van der Waals surface area contributed by atoms with Gasteiger partial charge in [0.1, 0.15) is 17.1 Å². The van der Waals surface area contributed by atoms with Crippen molar-refractivity contribution in [1.82, 2.24) is 15.3 Å². The normalized spacial score (nSPS) is 14.8. The van der Waals surface area contributed by atoms with Crippen LogP contribution < -0.4 is 24.4 Å². The Bertz CT molecular complexity index is 1250. The smallest absolute Gasteiger partial charge is 0.319 e. The summed E-state index contributed by atoms with van der Waals surface area (Å²) in [7, 11) is 2.83. The number of thiocarbonyl (C=S) groups is 1. The summed E-state index contributed by atoms with van der Waals surface area (Å²) >= 11 is 5.25. The summed E-state index contributed by atoms with van der Waals surface area (Å²) < 4.78 is 16.0. The standard InChI is InChI=1S/C23H18N4O5S/c1-30-20-14(13-24-22(26-20)31-2)12-18-19(28)25-23(33)27(21(18)29)15-8-10-17(11-9-15)32-16-6-4-3-5-7-16/h3-13H,1-2H3,(H,25,28,33)/b18-12+. The predicted octanol–water partition coefficient (Wildman–Crippen LogP) is 3.12. The average molecular weight is 462 g/mol. The van der Waals surface area contributed by atoms with Gasteiger partial charge in [-0.2, -0.15) is 4.98 Å². The highest BCUT2D eigenvalue weighted by Gasteiger charge is 2.34. The highest BCUT2D eigenvalue weighted by atomic mass is 32.1. The van der Waals surface area contributed by atoms with E-state index in [1.54, 1.807) is 24.3 Å². The quantitative estimate of drug-likeness (QED) is 0.339. The van der Waals surface area contributed by atoms with Crippen LogP contribution in [0.2, 0.25) is 0 Å². The van der Waals surface area contributed by atoms with Crippen LogP contribution in [0, 0.1) is 0 Å². The number of carbonyl (C=O) groups excluding carboxylic acids is 2. The second-order valence-electron chi connectivity index (χ2n) is 6.69. The second kappa shape index (κ2) is 9.45. The topological polar surface area (TPSA) is 103 Å². The molecule has 1 fully saturated rings. The van der Waals surface area contributed by atoms with Gasteiger partial charge in [-0.3, -0.25) is 19.8 Å². The zero-order chi connectivity index (χ0) is 23.4. The number of hydrogen-bond acceptors (Lipinski definition) is 8. The molecule has 166 valence electrons. The molecule has 2 heterocycles. The van der Waals surface area contributed by atoms with Crippen molar-refractivity contribution in [3.8, 4) is 23.4 Å². The number of para-hydroxylation sites is 1. The Morgan fingerprint density at radius 3 is 2.33 bits per heavy atom. The fourth-order valence-corrected chi connectivity index (χ4v) is 3.34. The van der Waals surface area contributed by atoms with E-state index in [-0.39, 0.29) is 22.6 Å². The van der Waals surface area contributed by atoms with Gasteiger partial charge < -0.3 is 14.2 Å². The van der Waals surface area contributed by atoms with Crippen molar-refractivity contribution in [3.05, 3.63) is 71.9 Å². The van der Waals surface area contributed by atoms with Crippen LogP contribution in [0.4, 0.5) is 5.69 Å². The molecule has 1 aliphatic rings. The van der Waals surface area contributed by atoms with Gasteiger partial charge >= 0.3 is 6.01 Å². The maximum Gasteiger partial charge on any atom is 0.319 e. The number of nitrogens with one attached hydrogen (secondary N) is 1. The van der Waals surface area contributed by atoms with Crippen LogP contribution >= 0.6 is 12.2 Å². The maximum atomic E-state index is 13.2. The van der Waals surface area contributed by atoms with Gasteiger partial charge in [0.25, 0.3) is 11.8 Å². The van der Waals surface area contributed by atoms with Crippen molar-refractivity contribution in [2.24, 2.45) is 0 Å². The van der Waals surface area contributed by atoms with E-state index < -0.39 is 11.8 Å². The molecule has 2 aromatic carbocycles. The first kappa shape index (κ1) is 21.9. The first-order chi connectivity index (χ1) is 16.0. The number of ether oxygens (including phenoxy) is 3. The fraction of sp³-hybridized carbons (Fsp3) is 0.0870. The van der Waals surface area contributed by atoms with Crippen LogP contribution in [0.15, 0.2) is 66.4 Å². The molecule has 1 saturated heterocycles. The molecular formula is C23H18N4O5S. The van der Waals surface area contributed by atoms with Gasteiger partial charge in [0.05, 0.1) is 25.5 Å². The average Bonchev–Trinajstić information content (AvgIpc) is 2.83. The number of hydrogen-bond donors (Lipinski definition) is 1. The van der Waals surface area contributed by atoms with Crippen LogP contribution in [0.1, 0.15) is 5.56 Å². The first-order valence-electron chi connectivity index (χ1n) is 9.69. The lowest BCUT2D eigenvalue weighted by Gasteiger charge is -2.29. The summed E-state index contributed by atoms with van der Waals surface area (Å²) in [5, 5.41) is 2.50. The summed E-state index contributed by atoms with van der Waals surface area (Å²) in [6.07, 6.45) is 2.74. The van der Waals surface area contributed by atoms with E-state index in [4.69, 9.17) is 26.4 Å². The van der Waals surface area contributed by atoms with E-state index in [1.165, 1.54) is 31.4 Å². The number of methoxy groups -OCH3 is 2. The summed E-state index contributed by atoms with van der Waals surface area (Å²) in [5.41, 5.74) is 0.644. The Morgan fingerprint density at radius 2 is 1.67 bits per heavy atom. The van der Waals surface area contributed by atoms with Crippen molar-refractivity contribution < 1.29 is 23.8 Å². The minimum absolute atomic E-state index is 0.0307. The number of aromatic nitrogens is 2. The third-order valence-electron chi connectivity index (χ3n) is 4.61. The number of amides is 2. The summed E-state index contributed by atoms with van der Waals surface area (Å²) in [6.45, 7) is 0. The lowest BCUT2D eigenvalue weighted by atomic mass is 10.1. The molecule has 0 saturated carbocycles. The monoisotopic (exact) mass is 462 g/mol. The fourth-order valence-electron chi connectivity index (χ4n) is 3.06. The zero-order valence-electron chi connectivity index (χ0n) is 17.6. The molecule has 9 nitrogen and oxygen atoms in total. The molecule has 0 spiro atoms. The molecule has 1 aromatic heterocycles. The number of rotatable bonds is 6. The second-order valence-corrected chi connectivity index (χ2v) is 7.07. The molecule has 1 aliphatic heterocycles. The highest BCUT2D eigenvalue weighted by Crippen LogP contribution is 2.28. The zero-order valence-corrected chi connectivity index (χ0v) is 18.5. The van der Waals surface area contributed by atoms with Crippen molar-refractivity contribution in [3.63, 3.8) is 0 Å². The Morgan fingerprint density at radius 1 is 0.970 bits per heavy atom. The summed E-state index contributed by atoms with van der Waals surface area (Å²) in [4.78, 5) is 35.1. The van der Waals surface area contributed by atoms with Crippen LogP contribution in [0.5, 0.6) is 23.4 Å². The Balaban J connectivity index is 1.62. The van der Waals surface area contributed by atoms with Gasteiger partial charge in [0.15, 0.2) is 5.11 Å². The molecule has 33 heavy (non-hydrogen) atoms.